The average Bonchev–Trinajstić information content (AvgIpc) is 3.05. The van der Waals surface area contributed by atoms with Gasteiger partial charge in [-0.05, 0) is 25.5 Å². The van der Waals surface area contributed by atoms with Gasteiger partial charge in [-0.25, -0.2) is 0 Å². The van der Waals surface area contributed by atoms with Crippen molar-refractivity contribution in [1.82, 2.24) is 25.3 Å². The SMILES string of the molecule is O=C(Cn1nccc1[C@@H]1CCCNC1)NCCN1CCOCC1. The first-order valence-corrected chi connectivity index (χ1v) is 8.62. The molecule has 1 atom stereocenters. The largest absolute Gasteiger partial charge is 0.379 e. The van der Waals surface area contributed by atoms with Gasteiger partial charge in [0.2, 0.25) is 5.91 Å². The lowest BCUT2D eigenvalue weighted by Crippen LogP contribution is -2.42. The van der Waals surface area contributed by atoms with Gasteiger partial charge in [-0.15, -0.1) is 0 Å². The molecule has 2 aliphatic heterocycles. The number of hydrogen-bond acceptors (Lipinski definition) is 5. The summed E-state index contributed by atoms with van der Waals surface area (Å²) in [6.45, 7) is 7.43. The Morgan fingerprint density at radius 2 is 2.30 bits per heavy atom. The fourth-order valence-electron chi connectivity index (χ4n) is 3.30. The molecule has 3 rings (SSSR count). The maximum atomic E-state index is 12.2. The van der Waals surface area contributed by atoms with Gasteiger partial charge in [-0.3, -0.25) is 14.4 Å². The molecule has 0 radical (unpaired) electrons. The third kappa shape index (κ3) is 4.76. The normalized spacial score (nSPS) is 22.9. The van der Waals surface area contributed by atoms with E-state index in [1.807, 2.05) is 10.7 Å². The van der Waals surface area contributed by atoms with Crippen LogP contribution in [0.2, 0.25) is 0 Å². The number of nitrogens with one attached hydrogen (secondary N) is 2. The molecule has 0 saturated carbocycles. The molecular weight excluding hydrogens is 294 g/mol. The summed E-state index contributed by atoms with van der Waals surface area (Å²) in [5, 5.41) is 10.7. The molecule has 7 heteroatoms. The van der Waals surface area contributed by atoms with Gasteiger partial charge >= 0.3 is 0 Å². The molecule has 0 bridgehead atoms. The molecule has 2 fully saturated rings. The highest BCUT2D eigenvalue weighted by Crippen LogP contribution is 2.22. The first kappa shape index (κ1) is 16.4. The molecule has 0 aliphatic carbocycles. The zero-order chi connectivity index (χ0) is 15.9. The quantitative estimate of drug-likeness (QED) is 0.759. The van der Waals surface area contributed by atoms with Crippen molar-refractivity contribution in [2.45, 2.75) is 25.3 Å². The summed E-state index contributed by atoms with van der Waals surface area (Å²) in [6.07, 6.45) is 4.14. The number of morpholine rings is 1. The molecule has 3 heterocycles. The van der Waals surface area contributed by atoms with Crippen molar-refractivity contribution < 1.29 is 9.53 Å². The van der Waals surface area contributed by atoms with Gasteiger partial charge in [0, 0.05) is 50.5 Å². The highest BCUT2D eigenvalue weighted by atomic mass is 16.5. The number of carbonyl (C=O) groups excluding carboxylic acids is 1. The van der Waals surface area contributed by atoms with E-state index in [9.17, 15) is 4.79 Å². The van der Waals surface area contributed by atoms with Crippen molar-refractivity contribution in [2.24, 2.45) is 0 Å². The van der Waals surface area contributed by atoms with Crippen molar-refractivity contribution >= 4 is 5.91 Å². The van der Waals surface area contributed by atoms with E-state index in [0.29, 0.717) is 19.0 Å². The summed E-state index contributed by atoms with van der Waals surface area (Å²) < 4.78 is 7.17. The van der Waals surface area contributed by atoms with Crippen LogP contribution in [-0.2, 0) is 16.1 Å². The second-order valence-electron chi connectivity index (χ2n) is 6.26. The van der Waals surface area contributed by atoms with Gasteiger partial charge in [0.15, 0.2) is 0 Å². The fraction of sp³-hybridized carbons (Fsp3) is 0.750. The van der Waals surface area contributed by atoms with Gasteiger partial charge in [-0.2, -0.15) is 5.10 Å². The third-order valence-electron chi connectivity index (χ3n) is 4.61. The first-order valence-electron chi connectivity index (χ1n) is 8.62. The summed E-state index contributed by atoms with van der Waals surface area (Å²) in [6, 6.07) is 2.04. The Balaban J connectivity index is 1.43. The highest BCUT2D eigenvalue weighted by Gasteiger charge is 2.20. The summed E-state index contributed by atoms with van der Waals surface area (Å²) in [7, 11) is 0. The van der Waals surface area contributed by atoms with Gasteiger partial charge in [-0.1, -0.05) is 0 Å². The van der Waals surface area contributed by atoms with Crippen LogP contribution in [0, 0.1) is 0 Å². The van der Waals surface area contributed by atoms with Gasteiger partial charge < -0.3 is 15.4 Å². The van der Waals surface area contributed by atoms with E-state index >= 15 is 0 Å². The van der Waals surface area contributed by atoms with E-state index in [1.54, 1.807) is 6.20 Å². The van der Waals surface area contributed by atoms with Crippen molar-refractivity contribution in [3.8, 4) is 0 Å². The fourth-order valence-corrected chi connectivity index (χ4v) is 3.30. The van der Waals surface area contributed by atoms with Crippen molar-refractivity contribution in [1.29, 1.82) is 0 Å². The van der Waals surface area contributed by atoms with E-state index in [2.05, 4.69) is 20.6 Å². The van der Waals surface area contributed by atoms with E-state index in [0.717, 1.165) is 52.4 Å². The Kier molecular flexibility index (Phi) is 6.01. The first-order chi connectivity index (χ1) is 11.3. The van der Waals surface area contributed by atoms with Gasteiger partial charge in [0.25, 0.3) is 0 Å². The van der Waals surface area contributed by atoms with Gasteiger partial charge in [0.1, 0.15) is 6.54 Å². The molecule has 0 aromatic carbocycles. The molecule has 2 N–H and O–H groups in total. The Morgan fingerprint density at radius 1 is 1.43 bits per heavy atom. The van der Waals surface area contributed by atoms with Crippen LogP contribution in [0.1, 0.15) is 24.5 Å². The Morgan fingerprint density at radius 3 is 3.09 bits per heavy atom. The number of rotatable bonds is 6. The van der Waals surface area contributed by atoms with Crippen molar-refractivity contribution in [3.05, 3.63) is 18.0 Å². The minimum absolute atomic E-state index is 0.0342. The van der Waals surface area contributed by atoms with Crippen LogP contribution in [0.15, 0.2) is 12.3 Å². The molecule has 1 aromatic heterocycles. The summed E-state index contributed by atoms with van der Waals surface area (Å²) >= 11 is 0. The number of amides is 1. The average molecular weight is 321 g/mol. The summed E-state index contributed by atoms with van der Waals surface area (Å²) in [4.78, 5) is 14.5. The molecule has 2 aliphatic rings. The number of hydrogen-bond donors (Lipinski definition) is 2. The minimum atomic E-state index is 0.0342. The number of piperidine rings is 1. The van der Waals surface area contributed by atoms with Crippen LogP contribution >= 0.6 is 0 Å². The van der Waals surface area contributed by atoms with E-state index in [1.165, 1.54) is 12.1 Å². The molecule has 0 unspecified atom stereocenters. The van der Waals surface area contributed by atoms with Crippen LogP contribution in [0.3, 0.4) is 0 Å². The predicted molar refractivity (Wildman–Crippen MR) is 87.3 cm³/mol. The second kappa shape index (κ2) is 8.42. The number of ether oxygens (including phenoxy) is 1. The van der Waals surface area contributed by atoms with Crippen LogP contribution in [0.25, 0.3) is 0 Å². The smallest absolute Gasteiger partial charge is 0.241 e. The number of carbonyl (C=O) groups is 1. The van der Waals surface area contributed by atoms with Crippen LogP contribution in [0.5, 0.6) is 0 Å². The number of nitrogens with zero attached hydrogens (tertiary/aromatic N) is 3. The summed E-state index contributed by atoms with van der Waals surface area (Å²) in [5.41, 5.74) is 1.17. The molecule has 128 valence electrons. The monoisotopic (exact) mass is 321 g/mol. The Bertz CT molecular complexity index is 492. The van der Waals surface area contributed by atoms with Crippen LogP contribution in [-0.4, -0.2) is 73.1 Å². The Hall–Kier alpha value is -1.44. The van der Waals surface area contributed by atoms with Crippen LogP contribution in [0.4, 0.5) is 0 Å². The van der Waals surface area contributed by atoms with E-state index < -0.39 is 0 Å². The lowest BCUT2D eigenvalue weighted by atomic mass is 9.96. The van der Waals surface area contributed by atoms with Crippen molar-refractivity contribution in [3.63, 3.8) is 0 Å². The molecule has 0 spiro atoms. The predicted octanol–water partition coefficient (Wildman–Crippen LogP) is -0.201. The lowest BCUT2D eigenvalue weighted by Gasteiger charge is -2.26. The maximum absolute atomic E-state index is 12.2. The number of aromatic nitrogens is 2. The zero-order valence-corrected chi connectivity index (χ0v) is 13.7. The van der Waals surface area contributed by atoms with Crippen molar-refractivity contribution in [2.75, 3.05) is 52.5 Å². The molecule has 1 amide bonds. The van der Waals surface area contributed by atoms with E-state index in [4.69, 9.17) is 4.74 Å². The van der Waals surface area contributed by atoms with Gasteiger partial charge in [0.05, 0.1) is 13.2 Å². The molecular formula is C16H27N5O2. The molecule has 23 heavy (non-hydrogen) atoms. The van der Waals surface area contributed by atoms with Crippen LogP contribution < -0.4 is 10.6 Å². The lowest BCUT2D eigenvalue weighted by molar-refractivity contribution is -0.122. The zero-order valence-electron chi connectivity index (χ0n) is 13.7. The molecule has 7 nitrogen and oxygen atoms in total. The molecule has 2 saturated heterocycles. The standard InChI is InChI=1S/C16H27N5O2/c22-16(18-6-7-20-8-10-23-11-9-20)13-21-15(3-5-19-21)14-2-1-4-17-12-14/h3,5,14,17H,1-2,4,6-13H2,(H,18,22)/t14-/m1/s1. The Labute approximate surface area is 137 Å². The maximum Gasteiger partial charge on any atom is 0.241 e. The van der Waals surface area contributed by atoms with E-state index in [-0.39, 0.29) is 5.91 Å². The molecule has 1 aromatic rings. The topological polar surface area (TPSA) is 71.4 Å². The second-order valence-corrected chi connectivity index (χ2v) is 6.26. The highest BCUT2D eigenvalue weighted by molar-refractivity contribution is 5.75. The third-order valence-corrected chi connectivity index (χ3v) is 4.61. The summed E-state index contributed by atoms with van der Waals surface area (Å²) in [5.74, 6) is 0.499. The minimum Gasteiger partial charge on any atom is -0.379 e.